The van der Waals surface area contributed by atoms with Gasteiger partial charge in [0.15, 0.2) is 0 Å². The molecule has 1 aliphatic heterocycles. The number of carbonyl (C=O) groups excluding carboxylic acids is 2. The fraction of sp³-hybridized carbons (Fsp3) is 0.480. The molecule has 1 aromatic carbocycles. The fourth-order valence-corrected chi connectivity index (χ4v) is 5.47. The number of benzene rings is 1. The minimum absolute atomic E-state index is 0.0592. The van der Waals surface area contributed by atoms with Crippen molar-refractivity contribution >= 4 is 11.8 Å². The van der Waals surface area contributed by atoms with Crippen LogP contribution in [0.4, 0.5) is 0 Å². The molecule has 0 bridgehead atoms. The van der Waals surface area contributed by atoms with Gasteiger partial charge in [0.05, 0.1) is 11.1 Å². The van der Waals surface area contributed by atoms with E-state index in [2.05, 4.69) is 22.4 Å². The zero-order valence-electron chi connectivity index (χ0n) is 17.8. The standard InChI is InChI=1S/C25H31N3O2/c1-26-22(29)25(21-13-6-9-17-27-21)16-10-18-28(19-25)23(30)24(14-7-3-8-15-24)20-11-4-2-5-12-20/h2,4-6,9,11-13,17H,3,7-8,10,14-16,18-19H2,1H3,(H,26,29). The molecule has 1 unspecified atom stereocenters. The molecule has 1 saturated heterocycles. The highest BCUT2D eigenvalue weighted by Gasteiger charge is 2.50. The number of aromatic nitrogens is 1. The fourth-order valence-electron chi connectivity index (χ4n) is 5.47. The van der Waals surface area contributed by atoms with Crippen LogP contribution in [0.15, 0.2) is 54.7 Å². The molecule has 30 heavy (non-hydrogen) atoms. The van der Waals surface area contributed by atoms with Crippen LogP contribution in [-0.4, -0.2) is 41.8 Å². The SMILES string of the molecule is CNC(=O)C1(c2ccccn2)CCCN(C(=O)C2(c3ccccc3)CCCCC2)C1. The summed E-state index contributed by atoms with van der Waals surface area (Å²) in [5.74, 6) is 0.119. The van der Waals surface area contributed by atoms with Crippen molar-refractivity contribution in [1.29, 1.82) is 0 Å². The Hall–Kier alpha value is -2.69. The van der Waals surface area contributed by atoms with Crippen LogP contribution in [0.1, 0.15) is 56.2 Å². The zero-order chi connectivity index (χ0) is 21.0. The lowest BCUT2D eigenvalue weighted by Gasteiger charge is -2.46. The van der Waals surface area contributed by atoms with Crippen LogP contribution in [-0.2, 0) is 20.4 Å². The molecule has 1 atom stereocenters. The van der Waals surface area contributed by atoms with E-state index in [1.54, 1.807) is 13.2 Å². The number of nitrogens with one attached hydrogen (secondary N) is 1. The van der Waals surface area contributed by atoms with E-state index in [0.717, 1.165) is 43.4 Å². The number of amides is 2. The number of likely N-dealkylation sites (N-methyl/N-ethyl adjacent to an activating group) is 1. The van der Waals surface area contributed by atoms with E-state index in [9.17, 15) is 9.59 Å². The van der Waals surface area contributed by atoms with E-state index in [1.165, 1.54) is 6.42 Å². The summed E-state index contributed by atoms with van der Waals surface area (Å²) in [4.78, 5) is 33.7. The average molecular weight is 406 g/mol. The van der Waals surface area contributed by atoms with Crippen LogP contribution < -0.4 is 5.32 Å². The molecule has 1 N–H and O–H groups in total. The predicted molar refractivity (Wildman–Crippen MR) is 117 cm³/mol. The Bertz CT molecular complexity index is 878. The molecule has 0 radical (unpaired) electrons. The molecule has 5 heteroatoms. The minimum atomic E-state index is -0.795. The molecule has 5 nitrogen and oxygen atoms in total. The Morgan fingerprint density at radius 1 is 0.900 bits per heavy atom. The highest BCUT2D eigenvalue weighted by Crippen LogP contribution is 2.43. The van der Waals surface area contributed by atoms with E-state index < -0.39 is 10.8 Å². The molecular formula is C25H31N3O2. The minimum Gasteiger partial charge on any atom is -0.358 e. The molecule has 1 aliphatic carbocycles. The average Bonchev–Trinajstić information content (AvgIpc) is 2.84. The first-order chi connectivity index (χ1) is 14.6. The maximum absolute atomic E-state index is 14.1. The lowest BCUT2D eigenvalue weighted by molar-refractivity contribution is -0.143. The number of carbonyl (C=O) groups is 2. The summed E-state index contributed by atoms with van der Waals surface area (Å²) in [5, 5.41) is 2.84. The summed E-state index contributed by atoms with van der Waals surface area (Å²) in [6.45, 7) is 1.08. The van der Waals surface area contributed by atoms with Gasteiger partial charge in [-0.15, -0.1) is 0 Å². The second-order valence-electron chi connectivity index (χ2n) is 8.72. The lowest BCUT2D eigenvalue weighted by Crippen LogP contribution is -2.59. The Kier molecular flexibility index (Phi) is 5.89. The number of hydrogen-bond donors (Lipinski definition) is 1. The highest BCUT2D eigenvalue weighted by molar-refractivity contribution is 5.92. The third-order valence-corrected chi connectivity index (χ3v) is 7.04. The topological polar surface area (TPSA) is 62.3 Å². The number of piperidine rings is 1. The van der Waals surface area contributed by atoms with Crippen molar-refractivity contribution in [2.75, 3.05) is 20.1 Å². The van der Waals surface area contributed by atoms with Gasteiger partial charge in [-0.3, -0.25) is 14.6 Å². The van der Waals surface area contributed by atoms with Gasteiger partial charge in [-0.05, 0) is 43.4 Å². The lowest BCUT2D eigenvalue weighted by atomic mass is 9.67. The molecule has 4 rings (SSSR count). The molecule has 2 amide bonds. The molecule has 2 aromatic rings. The van der Waals surface area contributed by atoms with Gasteiger partial charge in [-0.1, -0.05) is 55.7 Å². The van der Waals surface area contributed by atoms with Crippen molar-refractivity contribution in [3.05, 3.63) is 66.0 Å². The first-order valence-corrected chi connectivity index (χ1v) is 11.1. The van der Waals surface area contributed by atoms with Gasteiger partial charge in [0.1, 0.15) is 5.41 Å². The summed E-state index contributed by atoms with van der Waals surface area (Å²) in [6.07, 6.45) is 8.29. The normalized spacial score (nSPS) is 23.6. The van der Waals surface area contributed by atoms with Gasteiger partial charge in [0.25, 0.3) is 0 Å². The van der Waals surface area contributed by atoms with Crippen LogP contribution in [0.3, 0.4) is 0 Å². The van der Waals surface area contributed by atoms with Crippen molar-refractivity contribution in [3.63, 3.8) is 0 Å². The van der Waals surface area contributed by atoms with Crippen LogP contribution >= 0.6 is 0 Å². The quantitative estimate of drug-likeness (QED) is 0.846. The van der Waals surface area contributed by atoms with Crippen molar-refractivity contribution in [1.82, 2.24) is 15.2 Å². The summed E-state index contributed by atoms with van der Waals surface area (Å²) >= 11 is 0. The Morgan fingerprint density at radius 3 is 2.27 bits per heavy atom. The number of likely N-dealkylation sites (tertiary alicyclic amines) is 1. The van der Waals surface area contributed by atoms with E-state index in [4.69, 9.17) is 0 Å². The monoisotopic (exact) mass is 405 g/mol. The van der Waals surface area contributed by atoms with E-state index in [1.807, 2.05) is 41.3 Å². The molecule has 0 spiro atoms. The Labute approximate surface area is 178 Å². The van der Waals surface area contributed by atoms with Crippen molar-refractivity contribution < 1.29 is 9.59 Å². The van der Waals surface area contributed by atoms with Gasteiger partial charge in [-0.2, -0.15) is 0 Å². The van der Waals surface area contributed by atoms with Gasteiger partial charge in [0, 0.05) is 26.3 Å². The smallest absolute Gasteiger partial charge is 0.233 e. The van der Waals surface area contributed by atoms with Gasteiger partial charge < -0.3 is 10.2 Å². The third kappa shape index (κ3) is 3.51. The number of hydrogen-bond acceptors (Lipinski definition) is 3. The van der Waals surface area contributed by atoms with Crippen molar-refractivity contribution in [2.45, 2.75) is 55.8 Å². The van der Waals surface area contributed by atoms with E-state index >= 15 is 0 Å². The number of pyridine rings is 1. The summed E-state index contributed by atoms with van der Waals surface area (Å²) in [5.41, 5.74) is 0.592. The second-order valence-corrected chi connectivity index (χ2v) is 8.72. The summed E-state index contributed by atoms with van der Waals surface area (Å²) < 4.78 is 0. The van der Waals surface area contributed by atoms with Crippen LogP contribution in [0, 0.1) is 0 Å². The van der Waals surface area contributed by atoms with Crippen LogP contribution in [0.2, 0.25) is 0 Å². The van der Waals surface area contributed by atoms with Gasteiger partial charge >= 0.3 is 0 Å². The first kappa shape index (κ1) is 20.6. The molecule has 1 saturated carbocycles. The Morgan fingerprint density at radius 2 is 1.60 bits per heavy atom. The maximum atomic E-state index is 14.1. The predicted octanol–water partition coefficient (Wildman–Crippen LogP) is 3.59. The Balaban J connectivity index is 1.70. The van der Waals surface area contributed by atoms with Crippen molar-refractivity contribution in [2.24, 2.45) is 0 Å². The van der Waals surface area contributed by atoms with E-state index in [-0.39, 0.29) is 11.8 Å². The molecule has 2 fully saturated rings. The summed E-state index contributed by atoms with van der Waals surface area (Å²) in [7, 11) is 1.67. The maximum Gasteiger partial charge on any atom is 0.233 e. The van der Waals surface area contributed by atoms with Crippen molar-refractivity contribution in [3.8, 4) is 0 Å². The van der Waals surface area contributed by atoms with Gasteiger partial charge in [0.2, 0.25) is 11.8 Å². The van der Waals surface area contributed by atoms with Crippen LogP contribution in [0.5, 0.6) is 0 Å². The molecule has 2 aliphatic rings. The van der Waals surface area contributed by atoms with Gasteiger partial charge in [-0.25, -0.2) is 0 Å². The first-order valence-electron chi connectivity index (χ1n) is 11.1. The largest absolute Gasteiger partial charge is 0.358 e. The van der Waals surface area contributed by atoms with E-state index in [0.29, 0.717) is 19.5 Å². The third-order valence-electron chi connectivity index (χ3n) is 7.04. The number of rotatable bonds is 4. The molecule has 158 valence electrons. The molecular weight excluding hydrogens is 374 g/mol. The zero-order valence-corrected chi connectivity index (χ0v) is 17.8. The number of nitrogens with zero attached hydrogens (tertiary/aromatic N) is 2. The summed E-state index contributed by atoms with van der Waals surface area (Å²) in [6, 6.07) is 15.9. The molecule has 1 aromatic heterocycles. The molecule has 2 heterocycles. The van der Waals surface area contributed by atoms with Crippen LogP contribution in [0.25, 0.3) is 0 Å². The highest BCUT2D eigenvalue weighted by atomic mass is 16.2. The second kappa shape index (κ2) is 8.58.